The Kier molecular flexibility index (Phi) is 5.34. The van der Waals surface area contributed by atoms with E-state index in [2.05, 4.69) is 59.8 Å². The highest BCUT2D eigenvalue weighted by Gasteiger charge is 2.78. The summed E-state index contributed by atoms with van der Waals surface area (Å²) in [6.07, 6.45) is 12.4. The van der Waals surface area contributed by atoms with Gasteiger partial charge >= 0.3 is 0 Å². The largest absolute Gasteiger partial charge is 0.393 e. The fourth-order valence-electron chi connectivity index (χ4n) is 8.56. The van der Waals surface area contributed by atoms with E-state index in [1.807, 2.05) is 0 Å². The van der Waals surface area contributed by atoms with Crippen molar-refractivity contribution in [1.29, 1.82) is 0 Å². The highest BCUT2D eigenvalue weighted by atomic mass is 17.2. The molecule has 5 aliphatic rings. The van der Waals surface area contributed by atoms with Gasteiger partial charge in [0.25, 0.3) is 0 Å². The van der Waals surface area contributed by atoms with Gasteiger partial charge in [-0.2, -0.15) is 0 Å². The van der Waals surface area contributed by atoms with Gasteiger partial charge in [0.15, 0.2) is 0 Å². The summed E-state index contributed by atoms with van der Waals surface area (Å²) in [5.41, 5.74) is -0.0297. The number of hydrogen-bond donors (Lipinski definition) is 2. The third kappa shape index (κ3) is 2.76. The minimum absolute atomic E-state index is 0.220. The lowest BCUT2D eigenvalue weighted by Gasteiger charge is -2.60. The van der Waals surface area contributed by atoms with Gasteiger partial charge in [0.2, 0.25) is 0 Å². The lowest BCUT2D eigenvalue weighted by atomic mass is 9.44. The molecule has 4 nitrogen and oxygen atoms in total. The maximum absolute atomic E-state index is 11.4. The first kappa shape index (κ1) is 23.1. The van der Waals surface area contributed by atoms with E-state index in [9.17, 15) is 10.2 Å². The molecule has 0 aromatic carbocycles. The summed E-state index contributed by atoms with van der Waals surface area (Å²) in [5.74, 6) is 2.90. The van der Waals surface area contributed by atoms with E-state index in [0.717, 1.165) is 32.1 Å². The topological polar surface area (TPSA) is 58.9 Å². The van der Waals surface area contributed by atoms with Crippen LogP contribution >= 0.6 is 0 Å². The summed E-state index contributed by atoms with van der Waals surface area (Å²) in [6.45, 7) is 14.1. The van der Waals surface area contributed by atoms with Crippen LogP contribution in [0.5, 0.6) is 0 Å². The monoisotopic (exact) mass is 444 g/mol. The second-order valence-corrected chi connectivity index (χ2v) is 12.8. The summed E-state index contributed by atoms with van der Waals surface area (Å²) in [5, 5.41) is 21.8. The first-order valence-corrected chi connectivity index (χ1v) is 13.1. The Balaban J connectivity index is 1.47. The molecule has 1 saturated heterocycles. The Labute approximate surface area is 194 Å². The zero-order valence-corrected chi connectivity index (χ0v) is 20.9. The van der Waals surface area contributed by atoms with Gasteiger partial charge in [-0.1, -0.05) is 59.8 Å². The van der Waals surface area contributed by atoms with Crippen LogP contribution in [0.25, 0.3) is 0 Å². The predicted octanol–water partition coefficient (Wildman–Crippen LogP) is 5.59. The van der Waals surface area contributed by atoms with Crippen LogP contribution in [0.15, 0.2) is 23.8 Å². The van der Waals surface area contributed by atoms with Crippen molar-refractivity contribution in [3.05, 3.63) is 23.8 Å². The van der Waals surface area contributed by atoms with Gasteiger partial charge in [0.05, 0.1) is 6.10 Å². The molecular weight excluding hydrogens is 400 g/mol. The molecule has 5 rings (SSSR count). The van der Waals surface area contributed by atoms with Crippen LogP contribution in [0, 0.1) is 40.4 Å². The van der Waals surface area contributed by atoms with Gasteiger partial charge in [-0.15, -0.1) is 0 Å². The second kappa shape index (κ2) is 7.41. The average Bonchev–Trinajstić information content (AvgIpc) is 3.18. The first-order valence-electron chi connectivity index (χ1n) is 13.1. The van der Waals surface area contributed by atoms with Crippen molar-refractivity contribution in [2.24, 2.45) is 40.4 Å². The Bertz CT molecular complexity index is 818. The molecule has 3 saturated carbocycles. The molecule has 180 valence electrons. The van der Waals surface area contributed by atoms with Crippen molar-refractivity contribution >= 4 is 0 Å². The van der Waals surface area contributed by atoms with Crippen molar-refractivity contribution < 1.29 is 20.0 Å². The van der Waals surface area contributed by atoms with E-state index in [1.165, 1.54) is 12.0 Å². The third-order valence-electron chi connectivity index (χ3n) is 11.2. The van der Waals surface area contributed by atoms with Crippen LogP contribution in [0.4, 0.5) is 0 Å². The number of aliphatic hydroxyl groups is 2. The lowest BCUT2D eigenvalue weighted by Crippen LogP contribution is -2.67. The van der Waals surface area contributed by atoms with Crippen LogP contribution in [0.3, 0.4) is 0 Å². The second-order valence-electron chi connectivity index (χ2n) is 12.8. The van der Waals surface area contributed by atoms with Gasteiger partial charge in [-0.05, 0) is 79.1 Å². The number of fused-ring (bicyclic) bond motifs is 2. The molecule has 2 bridgehead atoms. The maximum Gasteiger partial charge on any atom is 0.144 e. The van der Waals surface area contributed by atoms with E-state index in [0.29, 0.717) is 36.0 Å². The maximum atomic E-state index is 11.4. The quantitative estimate of drug-likeness (QED) is 0.438. The Morgan fingerprint density at radius 2 is 1.72 bits per heavy atom. The molecule has 0 aromatic heterocycles. The zero-order valence-electron chi connectivity index (χ0n) is 20.9. The molecule has 0 unspecified atom stereocenters. The fraction of sp³-hybridized carbons (Fsp3) is 0.857. The minimum Gasteiger partial charge on any atom is -0.393 e. The molecule has 1 aliphatic heterocycles. The smallest absolute Gasteiger partial charge is 0.144 e. The number of hydrogen-bond acceptors (Lipinski definition) is 4. The van der Waals surface area contributed by atoms with Crippen LogP contribution in [0.2, 0.25) is 0 Å². The Morgan fingerprint density at radius 3 is 2.44 bits per heavy atom. The minimum atomic E-state index is -0.817. The zero-order chi connectivity index (χ0) is 23.1. The molecule has 4 aliphatic carbocycles. The highest BCUT2D eigenvalue weighted by Crippen LogP contribution is 2.73. The number of allylic oxidation sites excluding steroid dienone is 2. The van der Waals surface area contributed by atoms with Crippen LogP contribution in [-0.4, -0.2) is 33.6 Å². The number of aliphatic hydroxyl groups excluding tert-OH is 2. The van der Waals surface area contributed by atoms with Crippen LogP contribution < -0.4 is 0 Å². The summed E-state index contributed by atoms with van der Waals surface area (Å²) >= 11 is 0. The van der Waals surface area contributed by atoms with E-state index < -0.39 is 23.4 Å². The van der Waals surface area contributed by atoms with Crippen molar-refractivity contribution in [2.75, 3.05) is 0 Å². The molecule has 0 radical (unpaired) electrons. The summed E-state index contributed by atoms with van der Waals surface area (Å²) in [6, 6.07) is 0. The molecule has 4 heteroatoms. The summed E-state index contributed by atoms with van der Waals surface area (Å²) in [7, 11) is 0. The SMILES string of the molecule is CC(C)[C@@H](C)/C=C/[C@@H](C)[C@H]1CC[C@H]2C3=C[C@@H](O)[C@@]45C[C@@H](O)CC[C@]4(C)[C@]3(CC[C@]12C)OO5. The molecular formula is C28H44O4. The van der Waals surface area contributed by atoms with Crippen molar-refractivity contribution in [2.45, 2.75) is 110 Å². The Morgan fingerprint density at radius 1 is 0.969 bits per heavy atom. The lowest BCUT2D eigenvalue weighted by molar-refractivity contribution is -0.357. The predicted molar refractivity (Wildman–Crippen MR) is 126 cm³/mol. The van der Waals surface area contributed by atoms with Gasteiger partial charge in [-0.3, -0.25) is 0 Å². The van der Waals surface area contributed by atoms with Gasteiger partial charge in [0, 0.05) is 11.8 Å². The van der Waals surface area contributed by atoms with Crippen LogP contribution in [0.1, 0.15) is 86.5 Å². The average molecular weight is 445 g/mol. The molecule has 2 N–H and O–H groups in total. The summed E-state index contributed by atoms with van der Waals surface area (Å²) < 4.78 is 0. The van der Waals surface area contributed by atoms with Crippen molar-refractivity contribution in [3.8, 4) is 0 Å². The van der Waals surface area contributed by atoms with Crippen LogP contribution in [-0.2, 0) is 9.78 Å². The molecule has 10 atom stereocenters. The fourth-order valence-corrected chi connectivity index (χ4v) is 8.56. The van der Waals surface area contributed by atoms with Crippen molar-refractivity contribution in [1.82, 2.24) is 0 Å². The van der Waals surface area contributed by atoms with E-state index in [4.69, 9.17) is 9.78 Å². The van der Waals surface area contributed by atoms with E-state index >= 15 is 0 Å². The normalized spacial score (nSPS) is 51.8. The van der Waals surface area contributed by atoms with E-state index in [-0.39, 0.29) is 10.8 Å². The van der Waals surface area contributed by atoms with Gasteiger partial charge in [0.1, 0.15) is 17.3 Å². The molecule has 1 heterocycles. The number of rotatable bonds is 4. The molecule has 0 aromatic rings. The molecule has 0 amide bonds. The first-order chi connectivity index (χ1) is 15.0. The van der Waals surface area contributed by atoms with E-state index in [1.54, 1.807) is 0 Å². The van der Waals surface area contributed by atoms with Crippen molar-refractivity contribution in [3.63, 3.8) is 0 Å². The van der Waals surface area contributed by atoms with Gasteiger partial charge < -0.3 is 10.2 Å². The Hall–Kier alpha value is -0.680. The molecule has 4 fully saturated rings. The standard InChI is InChI=1S/C28H44O4/c1-17(2)18(3)7-8-19(4)21-9-10-22-23-15-24(30)28-16-20(29)11-12-26(28,6)27(23,31-32-28)14-13-25(21,22)5/h7-8,15,17-22,24,29-30H,9-14,16H2,1-6H3/b8-7+/t18-,19+,20-,21+,22-,24+,25+,26+,27+,28-/m0/s1. The molecule has 1 spiro atoms. The highest BCUT2D eigenvalue weighted by molar-refractivity contribution is 5.42. The van der Waals surface area contributed by atoms with Gasteiger partial charge in [-0.25, -0.2) is 9.78 Å². The molecule has 32 heavy (non-hydrogen) atoms. The third-order valence-corrected chi connectivity index (χ3v) is 11.2. The summed E-state index contributed by atoms with van der Waals surface area (Å²) in [4.78, 5) is 12.4.